The minimum atomic E-state index is -3.65. The molecule has 3 aromatic carbocycles. The first-order valence-corrected chi connectivity index (χ1v) is 10.0. The van der Waals surface area contributed by atoms with Gasteiger partial charge in [0.2, 0.25) is 0 Å². The molecular formula is C20H18N4O4S. The Morgan fingerprint density at radius 2 is 1.48 bits per heavy atom. The Bertz CT molecular complexity index is 1120. The predicted molar refractivity (Wildman–Crippen MR) is 113 cm³/mol. The van der Waals surface area contributed by atoms with Crippen molar-refractivity contribution in [2.24, 2.45) is 5.10 Å². The maximum atomic E-state index is 12.4. The van der Waals surface area contributed by atoms with Crippen LogP contribution in [0.2, 0.25) is 0 Å². The number of benzene rings is 3. The highest BCUT2D eigenvalue weighted by Gasteiger charge is 2.13. The van der Waals surface area contributed by atoms with Crippen LogP contribution in [0.1, 0.15) is 11.1 Å². The van der Waals surface area contributed by atoms with Crippen LogP contribution in [0.5, 0.6) is 0 Å². The van der Waals surface area contributed by atoms with Crippen molar-refractivity contribution in [1.82, 2.24) is 0 Å². The van der Waals surface area contributed by atoms with Gasteiger partial charge in [0.1, 0.15) is 0 Å². The van der Waals surface area contributed by atoms with E-state index in [-0.39, 0.29) is 10.6 Å². The fraction of sp³-hybridized carbons (Fsp3) is 0.0500. The van der Waals surface area contributed by atoms with E-state index in [1.54, 1.807) is 60.7 Å². The summed E-state index contributed by atoms with van der Waals surface area (Å²) in [5.41, 5.74) is 5.59. The number of hydrogen-bond donors (Lipinski definition) is 2. The Morgan fingerprint density at radius 1 is 0.897 bits per heavy atom. The van der Waals surface area contributed by atoms with Crippen molar-refractivity contribution >= 4 is 33.3 Å². The van der Waals surface area contributed by atoms with Crippen molar-refractivity contribution in [3.05, 3.63) is 94.0 Å². The summed E-state index contributed by atoms with van der Waals surface area (Å²) in [7, 11) is -3.65. The number of non-ortho nitro benzene ring substituents is 1. The quantitative estimate of drug-likeness (QED) is 0.345. The summed E-state index contributed by atoms with van der Waals surface area (Å²) in [6.45, 7) is 1.89. The van der Waals surface area contributed by atoms with E-state index >= 15 is 0 Å². The molecule has 3 rings (SSSR count). The summed E-state index contributed by atoms with van der Waals surface area (Å²) in [5, 5.41) is 14.7. The van der Waals surface area contributed by atoms with Crippen molar-refractivity contribution in [2.75, 3.05) is 10.1 Å². The number of anilines is 2. The molecule has 0 aliphatic carbocycles. The number of sulfonamides is 1. The number of hydrazone groups is 1. The lowest BCUT2D eigenvalue weighted by Crippen LogP contribution is -2.12. The molecular weight excluding hydrogens is 392 g/mol. The lowest BCUT2D eigenvalue weighted by atomic mass is 10.2. The van der Waals surface area contributed by atoms with Gasteiger partial charge in [-0.1, -0.05) is 17.7 Å². The largest absolute Gasteiger partial charge is 0.280 e. The molecule has 0 saturated carbocycles. The van der Waals surface area contributed by atoms with Gasteiger partial charge in [0, 0.05) is 17.8 Å². The van der Waals surface area contributed by atoms with Crippen molar-refractivity contribution in [3.63, 3.8) is 0 Å². The van der Waals surface area contributed by atoms with Crippen LogP contribution in [0.4, 0.5) is 17.1 Å². The summed E-state index contributed by atoms with van der Waals surface area (Å²) >= 11 is 0. The monoisotopic (exact) mass is 410 g/mol. The second kappa shape index (κ2) is 8.53. The summed E-state index contributed by atoms with van der Waals surface area (Å²) in [6.07, 6.45) is 1.53. The topological polar surface area (TPSA) is 114 Å². The van der Waals surface area contributed by atoms with E-state index in [1.165, 1.54) is 18.3 Å². The molecule has 0 aliphatic rings. The first-order chi connectivity index (χ1) is 13.8. The van der Waals surface area contributed by atoms with Gasteiger partial charge in [0.05, 0.1) is 21.7 Å². The summed E-state index contributed by atoms with van der Waals surface area (Å²) in [5.74, 6) is 0. The number of hydrogen-bond acceptors (Lipinski definition) is 6. The lowest BCUT2D eigenvalue weighted by Gasteiger charge is -2.09. The molecule has 0 unspecified atom stereocenters. The Kier molecular flexibility index (Phi) is 5.89. The molecule has 0 spiro atoms. The highest BCUT2D eigenvalue weighted by Crippen LogP contribution is 2.19. The van der Waals surface area contributed by atoms with Gasteiger partial charge in [-0.3, -0.25) is 20.3 Å². The van der Waals surface area contributed by atoms with Gasteiger partial charge in [-0.15, -0.1) is 0 Å². The van der Waals surface area contributed by atoms with Crippen molar-refractivity contribution in [3.8, 4) is 0 Å². The molecule has 3 aromatic rings. The van der Waals surface area contributed by atoms with E-state index in [0.717, 1.165) is 5.56 Å². The summed E-state index contributed by atoms with van der Waals surface area (Å²) < 4.78 is 27.3. The number of rotatable bonds is 7. The fourth-order valence-electron chi connectivity index (χ4n) is 2.41. The van der Waals surface area contributed by atoms with Crippen LogP contribution in [0.3, 0.4) is 0 Å². The van der Waals surface area contributed by atoms with E-state index in [1.807, 2.05) is 6.92 Å². The third kappa shape index (κ3) is 5.39. The highest BCUT2D eigenvalue weighted by atomic mass is 32.2. The number of nitrogens with zero attached hydrogens (tertiary/aromatic N) is 2. The third-order valence-corrected chi connectivity index (χ3v) is 5.38. The average Bonchev–Trinajstić information content (AvgIpc) is 2.70. The molecule has 0 radical (unpaired) electrons. The molecule has 29 heavy (non-hydrogen) atoms. The fourth-order valence-corrected chi connectivity index (χ4v) is 3.47. The molecule has 0 atom stereocenters. The second-order valence-electron chi connectivity index (χ2n) is 6.21. The van der Waals surface area contributed by atoms with Crippen molar-refractivity contribution < 1.29 is 13.3 Å². The molecule has 0 heterocycles. The van der Waals surface area contributed by atoms with E-state index in [9.17, 15) is 18.5 Å². The zero-order chi connectivity index (χ0) is 20.9. The number of nitro groups is 1. The van der Waals surface area contributed by atoms with Gasteiger partial charge in [-0.2, -0.15) is 5.10 Å². The molecule has 148 valence electrons. The van der Waals surface area contributed by atoms with Gasteiger partial charge in [-0.25, -0.2) is 8.42 Å². The Morgan fingerprint density at radius 3 is 2.07 bits per heavy atom. The van der Waals surface area contributed by atoms with Gasteiger partial charge < -0.3 is 0 Å². The Labute approximate surface area is 168 Å². The van der Waals surface area contributed by atoms with E-state index in [4.69, 9.17) is 0 Å². The minimum Gasteiger partial charge on any atom is -0.280 e. The Balaban J connectivity index is 1.61. The third-order valence-electron chi connectivity index (χ3n) is 3.98. The number of nitrogens with one attached hydrogen (secondary N) is 2. The zero-order valence-electron chi connectivity index (χ0n) is 15.4. The zero-order valence-corrected chi connectivity index (χ0v) is 16.3. The van der Waals surface area contributed by atoms with Crippen LogP contribution in [0.15, 0.2) is 82.8 Å². The summed E-state index contributed by atoms with van der Waals surface area (Å²) in [6, 6.07) is 19.2. The van der Waals surface area contributed by atoms with Crippen LogP contribution >= 0.6 is 0 Å². The first-order valence-electron chi connectivity index (χ1n) is 8.56. The lowest BCUT2D eigenvalue weighted by molar-refractivity contribution is -0.384. The van der Waals surface area contributed by atoms with E-state index in [0.29, 0.717) is 16.9 Å². The molecule has 0 aromatic heterocycles. The van der Waals surface area contributed by atoms with Gasteiger partial charge >= 0.3 is 0 Å². The van der Waals surface area contributed by atoms with Gasteiger partial charge in [0.25, 0.3) is 15.7 Å². The maximum absolute atomic E-state index is 12.4. The van der Waals surface area contributed by atoms with E-state index in [2.05, 4.69) is 15.2 Å². The smallest absolute Gasteiger partial charge is 0.269 e. The van der Waals surface area contributed by atoms with Gasteiger partial charge in [-0.05, 0) is 61.0 Å². The molecule has 9 heteroatoms. The SMILES string of the molecule is Cc1ccc(S(=O)(=O)Nc2ccc(N/N=C\c3ccc([N+](=O)[O-])cc3)cc2)cc1. The standard InChI is InChI=1S/C20H18N4O4S/c1-15-2-12-20(13-3-15)29(27,28)23-18-8-6-17(7-9-18)22-21-14-16-4-10-19(11-5-16)24(25)26/h2-14,22-23H,1H3/b21-14-. The second-order valence-corrected chi connectivity index (χ2v) is 7.90. The van der Waals surface area contributed by atoms with Crippen molar-refractivity contribution in [2.45, 2.75) is 11.8 Å². The van der Waals surface area contributed by atoms with Crippen LogP contribution in [-0.4, -0.2) is 19.6 Å². The highest BCUT2D eigenvalue weighted by molar-refractivity contribution is 7.92. The van der Waals surface area contributed by atoms with Crippen LogP contribution < -0.4 is 10.1 Å². The van der Waals surface area contributed by atoms with Crippen LogP contribution in [0, 0.1) is 17.0 Å². The minimum absolute atomic E-state index is 0.0128. The molecule has 0 bridgehead atoms. The molecule has 2 N–H and O–H groups in total. The Hall–Kier alpha value is -3.72. The molecule has 0 saturated heterocycles. The van der Waals surface area contributed by atoms with Crippen LogP contribution in [0.25, 0.3) is 0 Å². The molecule has 0 fully saturated rings. The van der Waals surface area contributed by atoms with Crippen LogP contribution in [-0.2, 0) is 10.0 Å². The molecule has 0 amide bonds. The van der Waals surface area contributed by atoms with Gasteiger partial charge in [0.15, 0.2) is 0 Å². The molecule has 8 nitrogen and oxygen atoms in total. The summed E-state index contributed by atoms with van der Waals surface area (Å²) in [4.78, 5) is 10.4. The van der Waals surface area contributed by atoms with E-state index < -0.39 is 14.9 Å². The van der Waals surface area contributed by atoms with Crippen molar-refractivity contribution in [1.29, 1.82) is 0 Å². The molecule has 0 aliphatic heterocycles. The maximum Gasteiger partial charge on any atom is 0.269 e. The average molecular weight is 410 g/mol. The number of nitro benzene ring substituents is 1. The first kappa shape index (κ1) is 20.0. The number of aryl methyl sites for hydroxylation is 1. The predicted octanol–water partition coefficient (Wildman–Crippen LogP) is 4.15. The normalized spacial score (nSPS) is 11.3.